The molecule has 0 aromatic carbocycles. The van der Waals surface area contributed by atoms with Gasteiger partial charge in [0.25, 0.3) is 0 Å². The fraction of sp³-hybridized carbons (Fsp3) is 0.800. The summed E-state index contributed by atoms with van der Waals surface area (Å²) in [5.41, 5.74) is 0. The van der Waals surface area contributed by atoms with Crippen LogP contribution in [0.15, 0.2) is 0 Å². The Hall–Kier alpha value is -1.08. The molecule has 0 fully saturated rings. The molecule has 0 saturated heterocycles. The summed E-state index contributed by atoms with van der Waals surface area (Å²) in [6.45, 7) is 3.74. The number of carbonyl (C=O) groups is 1. The molecule has 4 nitrogen and oxygen atoms in total. The molecule has 14 heavy (non-hydrogen) atoms. The minimum atomic E-state index is -0.779. The summed E-state index contributed by atoms with van der Waals surface area (Å²) < 4.78 is 0. The first-order valence-corrected chi connectivity index (χ1v) is 5.01. The van der Waals surface area contributed by atoms with E-state index in [0.29, 0.717) is 6.42 Å². The van der Waals surface area contributed by atoms with Gasteiger partial charge in [0.1, 0.15) is 0 Å². The fourth-order valence-electron chi connectivity index (χ4n) is 1.32. The van der Waals surface area contributed by atoms with Crippen molar-refractivity contribution >= 4 is 5.97 Å². The normalized spacial score (nSPS) is 10.1. The van der Waals surface area contributed by atoms with Crippen LogP contribution in [0.4, 0.5) is 0 Å². The van der Waals surface area contributed by atoms with Crippen LogP contribution in [0.3, 0.4) is 0 Å². The zero-order valence-corrected chi connectivity index (χ0v) is 8.70. The molecular formula is C10H18N2O2. The highest BCUT2D eigenvalue weighted by Crippen LogP contribution is 1.99. The molecule has 1 N–H and O–H groups in total. The molecule has 0 spiro atoms. The number of carboxylic acids is 1. The molecule has 0 amide bonds. The van der Waals surface area contributed by atoms with Gasteiger partial charge in [0.15, 0.2) is 0 Å². The maximum atomic E-state index is 10.5. The highest BCUT2D eigenvalue weighted by molar-refractivity contribution is 5.69. The fourth-order valence-corrected chi connectivity index (χ4v) is 1.32. The van der Waals surface area contributed by atoms with Crippen molar-refractivity contribution < 1.29 is 9.90 Å². The van der Waals surface area contributed by atoms with Gasteiger partial charge in [0.2, 0.25) is 0 Å². The minimum Gasteiger partial charge on any atom is -0.480 e. The summed E-state index contributed by atoms with van der Waals surface area (Å²) in [7, 11) is 0. The van der Waals surface area contributed by atoms with Crippen molar-refractivity contribution in [1.82, 2.24) is 4.90 Å². The summed E-state index contributed by atoms with van der Waals surface area (Å²) in [6, 6.07) is 2.08. The van der Waals surface area contributed by atoms with E-state index < -0.39 is 5.97 Å². The predicted molar refractivity (Wildman–Crippen MR) is 53.8 cm³/mol. The molecule has 0 aliphatic carbocycles. The third-order valence-corrected chi connectivity index (χ3v) is 1.91. The summed E-state index contributed by atoms with van der Waals surface area (Å²) in [5.74, 6) is -0.779. The van der Waals surface area contributed by atoms with Gasteiger partial charge in [-0.05, 0) is 32.4 Å². The second-order valence-corrected chi connectivity index (χ2v) is 3.29. The van der Waals surface area contributed by atoms with Crippen molar-refractivity contribution in [3.8, 4) is 6.07 Å². The standard InChI is InChI=1S/C10H18N2O2/c1-2-7-12(9-10(13)14)8-5-3-4-6-11/h2-5,7-9H2,1H3,(H,13,14). The Morgan fingerprint density at radius 1 is 1.43 bits per heavy atom. The topological polar surface area (TPSA) is 64.3 Å². The van der Waals surface area contributed by atoms with Crippen LogP contribution in [0.5, 0.6) is 0 Å². The van der Waals surface area contributed by atoms with Crippen LogP contribution in [0.25, 0.3) is 0 Å². The molecule has 0 bridgehead atoms. The molecule has 0 aliphatic heterocycles. The molecule has 4 heteroatoms. The van der Waals surface area contributed by atoms with Crippen molar-refractivity contribution in [2.45, 2.75) is 32.6 Å². The second kappa shape index (κ2) is 8.52. The summed E-state index contributed by atoms with van der Waals surface area (Å²) in [5, 5.41) is 16.9. The molecule has 0 aliphatic rings. The summed E-state index contributed by atoms with van der Waals surface area (Å²) in [4.78, 5) is 12.4. The van der Waals surface area contributed by atoms with Crippen LogP contribution in [0.2, 0.25) is 0 Å². The lowest BCUT2D eigenvalue weighted by molar-refractivity contribution is -0.138. The molecule has 0 unspecified atom stereocenters. The first kappa shape index (κ1) is 12.9. The number of rotatable bonds is 8. The van der Waals surface area contributed by atoms with Gasteiger partial charge in [-0.25, -0.2) is 0 Å². The monoisotopic (exact) mass is 198 g/mol. The number of unbranched alkanes of at least 4 members (excludes halogenated alkanes) is 2. The Morgan fingerprint density at radius 3 is 2.64 bits per heavy atom. The van der Waals surface area contributed by atoms with Crippen molar-refractivity contribution in [2.24, 2.45) is 0 Å². The lowest BCUT2D eigenvalue weighted by atomic mass is 10.2. The van der Waals surface area contributed by atoms with E-state index >= 15 is 0 Å². The Labute approximate surface area is 85.1 Å². The SMILES string of the molecule is CCCN(CCCCC#N)CC(=O)O. The third kappa shape index (κ3) is 7.56. The first-order valence-electron chi connectivity index (χ1n) is 5.01. The molecule has 0 atom stereocenters. The highest BCUT2D eigenvalue weighted by Gasteiger charge is 2.07. The predicted octanol–water partition coefficient (Wildman–Crippen LogP) is 1.48. The number of nitrogens with zero attached hydrogens (tertiary/aromatic N) is 2. The van der Waals surface area contributed by atoms with Gasteiger partial charge in [-0.15, -0.1) is 0 Å². The van der Waals surface area contributed by atoms with Gasteiger partial charge in [-0.1, -0.05) is 6.92 Å². The van der Waals surface area contributed by atoms with E-state index in [1.807, 2.05) is 11.8 Å². The second-order valence-electron chi connectivity index (χ2n) is 3.29. The van der Waals surface area contributed by atoms with Crippen LogP contribution in [0.1, 0.15) is 32.6 Å². The smallest absolute Gasteiger partial charge is 0.317 e. The van der Waals surface area contributed by atoms with E-state index in [4.69, 9.17) is 10.4 Å². The molecular weight excluding hydrogens is 180 g/mol. The molecule has 0 aromatic heterocycles. The number of hydrogen-bond acceptors (Lipinski definition) is 3. The number of carboxylic acid groups (broad SMARTS) is 1. The van der Waals surface area contributed by atoms with Crippen LogP contribution >= 0.6 is 0 Å². The Kier molecular flexibility index (Phi) is 7.86. The molecule has 0 aromatic rings. The highest BCUT2D eigenvalue weighted by atomic mass is 16.4. The van der Waals surface area contributed by atoms with Crippen molar-refractivity contribution in [1.29, 1.82) is 5.26 Å². The van der Waals surface area contributed by atoms with E-state index in [2.05, 4.69) is 6.07 Å². The zero-order chi connectivity index (χ0) is 10.8. The van der Waals surface area contributed by atoms with Gasteiger partial charge < -0.3 is 5.11 Å². The van der Waals surface area contributed by atoms with E-state index in [1.54, 1.807) is 0 Å². The zero-order valence-electron chi connectivity index (χ0n) is 8.70. The molecule has 0 radical (unpaired) electrons. The van der Waals surface area contributed by atoms with E-state index in [9.17, 15) is 4.79 Å². The Balaban J connectivity index is 3.62. The summed E-state index contributed by atoms with van der Waals surface area (Å²) in [6.07, 6.45) is 3.29. The van der Waals surface area contributed by atoms with Gasteiger partial charge in [-0.2, -0.15) is 5.26 Å². The van der Waals surface area contributed by atoms with Crippen LogP contribution in [-0.4, -0.2) is 35.6 Å². The van der Waals surface area contributed by atoms with Crippen LogP contribution in [-0.2, 0) is 4.79 Å². The lowest BCUT2D eigenvalue weighted by Crippen LogP contribution is -2.31. The van der Waals surface area contributed by atoms with E-state index in [-0.39, 0.29) is 6.54 Å². The maximum absolute atomic E-state index is 10.5. The molecule has 0 rings (SSSR count). The van der Waals surface area contributed by atoms with Crippen LogP contribution in [0, 0.1) is 11.3 Å². The van der Waals surface area contributed by atoms with Crippen molar-refractivity contribution in [3.63, 3.8) is 0 Å². The average molecular weight is 198 g/mol. The molecule has 0 saturated carbocycles. The van der Waals surface area contributed by atoms with Crippen molar-refractivity contribution in [2.75, 3.05) is 19.6 Å². The number of aliphatic carboxylic acids is 1. The van der Waals surface area contributed by atoms with E-state index in [0.717, 1.165) is 32.4 Å². The number of hydrogen-bond donors (Lipinski definition) is 1. The Bertz CT molecular complexity index is 199. The average Bonchev–Trinajstić information content (AvgIpc) is 2.12. The first-order chi connectivity index (χ1) is 6.70. The van der Waals surface area contributed by atoms with Gasteiger partial charge in [0, 0.05) is 6.42 Å². The van der Waals surface area contributed by atoms with Crippen LogP contribution < -0.4 is 0 Å². The third-order valence-electron chi connectivity index (χ3n) is 1.91. The Morgan fingerprint density at radius 2 is 2.14 bits per heavy atom. The maximum Gasteiger partial charge on any atom is 0.317 e. The van der Waals surface area contributed by atoms with Gasteiger partial charge in [0.05, 0.1) is 12.6 Å². The molecule has 80 valence electrons. The van der Waals surface area contributed by atoms with E-state index in [1.165, 1.54) is 0 Å². The van der Waals surface area contributed by atoms with Gasteiger partial charge >= 0.3 is 5.97 Å². The van der Waals surface area contributed by atoms with Crippen molar-refractivity contribution in [3.05, 3.63) is 0 Å². The lowest BCUT2D eigenvalue weighted by Gasteiger charge is -2.18. The molecule has 0 heterocycles. The number of nitriles is 1. The largest absolute Gasteiger partial charge is 0.480 e. The summed E-state index contributed by atoms with van der Waals surface area (Å²) >= 11 is 0. The van der Waals surface area contributed by atoms with Gasteiger partial charge in [-0.3, -0.25) is 9.69 Å². The minimum absolute atomic E-state index is 0.112. The quantitative estimate of drug-likeness (QED) is 0.600.